The Kier molecular flexibility index (Phi) is 7.20. The quantitative estimate of drug-likeness (QED) is 0.677. The van der Waals surface area contributed by atoms with E-state index < -0.39 is 18.1 Å². The highest BCUT2D eigenvalue weighted by molar-refractivity contribution is 5.81. The predicted octanol–water partition coefficient (Wildman–Crippen LogP) is 2.49. The number of imidazole rings is 1. The lowest BCUT2D eigenvalue weighted by atomic mass is 10.1. The Morgan fingerprint density at radius 1 is 1.23 bits per heavy atom. The molecule has 0 saturated carbocycles. The highest BCUT2D eigenvalue weighted by atomic mass is 16.6. The number of carbonyl (C=O) groups is 2. The number of carbonyl (C=O) groups excluding carboxylic acids is 2. The maximum Gasteiger partial charge on any atom is 0.410 e. The van der Waals surface area contributed by atoms with Crippen LogP contribution < -0.4 is 0 Å². The van der Waals surface area contributed by atoms with Crippen LogP contribution in [0.15, 0.2) is 42.9 Å². The van der Waals surface area contributed by atoms with E-state index in [1.54, 1.807) is 20.2 Å². The first-order valence-corrected chi connectivity index (χ1v) is 8.64. The monoisotopic (exact) mass is 359 g/mol. The first kappa shape index (κ1) is 19.5. The molecule has 0 radical (unpaired) electrons. The Morgan fingerprint density at radius 2 is 1.96 bits per heavy atom. The third-order valence-corrected chi connectivity index (χ3v) is 3.99. The van der Waals surface area contributed by atoms with Crippen molar-refractivity contribution >= 4 is 12.1 Å². The second-order valence-corrected chi connectivity index (χ2v) is 5.75. The van der Waals surface area contributed by atoms with Gasteiger partial charge in [0.1, 0.15) is 6.04 Å². The summed E-state index contributed by atoms with van der Waals surface area (Å²) in [5.74, 6) is -0.488. The van der Waals surface area contributed by atoms with Gasteiger partial charge in [0.25, 0.3) is 0 Å². The molecule has 26 heavy (non-hydrogen) atoms. The largest absolute Gasteiger partial charge is 0.467 e. The van der Waals surface area contributed by atoms with Crippen LogP contribution in [0.3, 0.4) is 0 Å². The first-order valence-electron chi connectivity index (χ1n) is 8.64. The third kappa shape index (κ3) is 5.08. The summed E-state index contributed by atoms with van der Waals surface area (Å²) in [5.41, 5.74) is 1.86. The van der Waals surface area contributed by atoms with Gasteiger partial charge in [-0.1, -0.05) is 30.3 Å². The molecule has 1 amide bonds. The number of rotatable bonds is 8. The Balaban J connectivity index is 2.13. The SMILES string of the molecule is CCOC(=O)N(CC)[C@H](Cc1cn(Cc2ccccc2)cn1)C(=O)OC. The molecule has 2 aromatic rings. The fraction of sp³-hybridized carbons (Fsp3) is 0.421. The molecule has 0 bridgehead atoms. The van der Waals surface area contributed by atoms with Crippen LogP contribution in [0.5, 0.6) is 0 Å². The highest BCUT2D eigenvalue weighted by Crippen LogP contribution is 2.12. The lowest BCUT2D eigenvalue weighted by Gasteiger charge is -2.27. The average molecular weight is 359 g/mol. The summed E-state index contributed by atoms with van der Waals surface area (Å²) in [6.07, 6.45) is 3.33. The molecular weight excluding hydrogens is 334 g/mol. The summed E-state index contributed by atoms with van der Waals surface area (Å²) in [5, 5.41) is 0. The zero-order chi connectivity index (χ0) is 18.9. The van der Waals surface area contributed by atoms with Gasteiger partial charge in [0, 0.05) is 25.7 Å². The van der Waals surface area contributed by atoms with Crippen LogP contribution in [0.1, 0.15) is 25.1 Å². The average Bonchev–Trinajstić information content (AvgIpc) is 3.09. The van der Waals surface area contributed by atoms with Crippen LogP contribution in [0.2, 0.25) is 0 Å². The van der Waals surface area contributed by atoms with Gasteiger partial charge in [-0.05, 0) is 19.4 Å². The van der Waals surface area contributed by atoms with E-state index >= 15 is 0 Å². The standard InChI is InChI=1S/C19H25N3O4/c1-4-22(19(24)26-5-2)17(18(23)25-3)11-16-13-21(14-20-16)12-15-9-7-6-8-10-15/h6-10,13-14,17H,4-5,11-12H2,1-3H3/t17-/m1/s1. The first-order chi connectivity index (χ1) is 12.6. The van der Waals surface area contributed by atoms with Crippen molar-refractivity contribution in [3.05, 3.63) is 54.1 Å². The van der Waals surface area contributed by atoms with Gasteiger partial charge in [-0.3, -0.25) is 4.90 Å². The summed E-state index contributed by atoms with van der Waals surface area (Å²) < 4.78 is 11.9. The minimum Gasteiger partial charge on any atom is -0.467 e. The summed E-state index contributed by atoms with van der Waals surface area (Å²) in [4.78, 5) is 30.1. The van der Waals surface area contributed by atoms with Gasteiger partial charge in [-0.2, -0.15) is 0 Å². The second kappa shape index (κ2) is 9.60. The van der Waals surface area contributed by atoms with Crippen LogP contribution >= 0.6 is 0 Å². The number of hydrogen-bond donors (Lipinski definition) is 0. The fourth-order valence-corrected chi connectivity index (χ4v) is 2.73. The zero-order valence-corrected chi connectivity index (χ0v) is 15.4. The molecular formula is C19H25N3O4. The van der Waals surface area contributed by atoms with Crippen molar-refractivity contribution in [3.63, 3.8) is 0 Å². The third-order valence-electron chi connectivity index (χ3n) is 3.99. The van der Waals surface area contributed by atoms with E-state index in [2.05, 4.69) is 4.98 Å². The lowest BCUT2D eigenvalue weighted by Crippen LogP contribution is -2.47. The number of benzene rings is 1. The number of esters is 1. The summed E-state index contributed by atoms with van der Waals surface area (Å²) in [7, 11) is 1.31. The highest BCUT2D eigenvalue weighted by Gasteiger charge is 2.31. The fourth-order valence-electron chi connectivity index (χ4n) is 2.73. The number of ether oxygens (including phenoxy) is 2. The molecule has 0 unspecified atom stereocenters. The molecule has 0 fully saturated rings. The number of methoxy groups -OCH3 is 1. The molecule has 2 rings (SSSR count). The lowest BCUT2D eigenvalue weighted by molar-refractivity contribution is -0.146. The molecule has 1 atom stereocenters. The molecule has 7 heteroatoms. The van der Waals surface area contributed by atoms with Gasteiger partial charge in [0.2, 0.25) is 0 Å². The maximum atomic E-state index is 12.2. The second-order valence-electron chi connectivity index (χ2n) is 5.75. The summed E-state index contributed by atoms with van der Waals surface area (Å²) >= 11 is 0. The van der Waals surface area contributed by atoms with Gasteiger partial charge in [-0.25, -0.2) is 14.6 Å². The van der Waals surface area contributed by atoms with Crippen molar-refractivity contribution in [2.75, 3.05) is 20.3 Å². The Hall–Kier alpha value is -2.83. The maximum absolute atomic E-state index is 12.2. The molecule has 0 aliphatic rings. The molecule has 0 saturated heterocycles. The Labute approximate surface area is 153 Å². The van der Waals surface area contributed by atoms with Crippen LogP contribution in [-0.2, 0) is 27.2 Å². The van der Waals surface area contributed by atoms with Gasteiger partial charge < -0.3 is 14.0 Å². The molecule has 7 nitrogen and oxygen atoms in total. The molecule has 1 heterocycles. The van der Waals surface area contributed by atoms with Gasteiger partial charge in [0.15, 0.2) is 0 Å². The van der Waals surface area contributed by atoms with E-state index in [1.165, 1.54) is 12.0 Å². The smallest absolute Gasteiger partial charge is 0.410 e. The van der Waals surface area contributed by atoms with E-state index in [4.69, 9.17) is 9.47 Å². The predicted molar refractivity (Wildman–Crippen MR) is 96.7 cm³/mol. The van der Waals surface area contributed by atoms with Crippen molar-refractivity contribution in [2.24, 2.45) is 0 Å². The van der Waals surface area contributed by atoms with E-state index in [0.29, 0.717) is 18.8 Å². The van der Waals surface area contributed by atoms with Crippen LogP contribution in [-0.4, -0.2) is 52.8 Å². The van der Waals surface area contributed by atoms with Gasteiger partial charge in [0.05, 0.1) is 25.7 Å². The number of amides is 1. The number of likely N-dealkylation sites (N-methyl/N-ethyl adjacent to an activating group) is 1. The van der Waals surface area contributed by atoms with Crippen molar-refractivity contribution in [1.82, 2.24) is 14.5 Å². The Morgan fingerprint density at radius 3 is 2.58 bits per heavy atom. The van der Waals surface area contributed by atoms with Crippen molar-refractivity contribution in [2.45, 2.75) is 32.9 Å². The minimum absolute atomic E-state index is 0.245. The molecule has 0 aliphatic carbocycles. The summed E-state index contributed by atoms with van der Waals surface area (Å²) in [6.45, 7) is 4.79. The number of nitrogens with zero attached hydrogens (tertiary/aromatic N) is 3. The van der Waals surface area contributed by atoms with Gasteiger partial charge >= 0.3 is 12.1 Å². The van der Waals surface area contributed by atoms with E-state index in [9.17, 15) is 9.59 Å². The van der Waals surface area contributed by atoms with Crippen molar-refractivity contribution < 1.29 is 19.1 Å². The van der Waals surface area contributed by atoms with E-state index in [1.807, 2.05) is 41.1 Å². The summed E-state index contributed by atoms with van der Waals surface area (Å²) in [6, 6.07) is 9.24. The molecule has 0 N–H and O–H groups in total. The van der Waals surface area contributed by atoms with Gasteiger partial charge in [-0.15, -0.1) is 0 Å². The van der Waals surface area contributed by atoms with Crippen molar-refractivity contribution in [3.8, 4) is 0 Å². The molecule has 0 aliphatic heterocycles. The van der Waals surface area contributed by atoms with Crippen LogP contribution in [0.25, 0.3) is 0 Å². The minimum atomic E-state index is -0.774. The Bertz CT molecular complexity index is 715. The van der Waals surface area contributed by atoms with Crippen molar-refractivity contribution in [1.29, 1.82) is 0 Å². The number of aromatic nitrogens is 2. The number of hydrogen-bond acceptors (Lipinski definition) is 5. The molecule has 1 aromatic heterocycles. The molecule has 140 valence electrons. The zero-order valence-electron chi connectivity index (χ0n) is 15.4. The topological polar surface area (TPSA) is 73.7 Å². The van der Waals surface area contributed by atoms with E-state index in [0.717, 1.165) is 5.56 Å². The normalized spacial score (nSPS) is 11.7. The molecule has 0 spiro atoms. The molecule has 1 aromatic carbocycles. The van der Waals surface area contributed by atoms with E-state index in [-0.39, 0.29) is 13.0 Å². The van der Waals surface area contributed by atoms with Crippen LogP contribution in [0, 0.1) is 0 Å². The van der Waals surface area contributed by atoms with Crippen LogP contribution in [0.4, 0.5) is 4.79 Å².